The molecule has 21 heavy (non-hydrogen) atoms. The molecule has 108 valence electrons. The molecule has 3 aromatic rings. The van der Waals surface area contributed by atoms with Gasteiger partial charge < -0.3 is 10.1 Å². The molecule has 0 spiro atoms. The van der Waals surface area contributed by atoms with Crippen LogP contribution in [0.4, 0.5) is 13.2 Å². The Hall–Kier alpha value is -2.50. The number of aromatic amines is 1. The van der Waals surface area contributed by atoms with Crippen molar-refractivity contribution >= 4 is 27.6 Å². The van der Waals surface area contributed by atoms with Crippen molar-refractivity contribution in [3.63, 3.8) is 0 Å². The van der Waals surface area contributed by atoms with Gasteiger partial charge in [-0.3, -0.25) is 4.79 Å². The first-order chi connectivity index (χ1) is 9.79. The maximum atomic E-state index is 12.5. The zero-order valence-electron chi connectivity index (χ0n) is 10.9. The summed E-state index contributed by atoms with van der Waals surface area (Å²) in [5, 5.41) is 11.3. The van der Waals surface area contributed by atoms with Crippen LogP contribution in [0.1, 0.15) is 15.9 Å². The first kappa shape index (κ1) is 13.5. The van der Waals surface area contributed by atoms with E-state index in [1.807, 2.05) is 25.1 Å². The van der Waals surface area contributed by atoms with Crippen LogP contribution in [-0.2, 0) is 0 Å². The smallest absolute Gasteiger partial charge is 0.455 e. The molecule has 0 radical (unpaired) electrons. The van der Waals surface area contributed by atoms with Gasteiger partial charge in [0.05, 0.1) is 11.1 Å². The number of phenols is 1. The van der Waals surface area contributed by atoms with Crippen LogP contribution in [0.5, 0.6) is 5.75 Å². The van der Waals surface area contributed by atoms with E-state index >= 15 is 0 Å². The number of phenolic OH excluding ortho intramolecular Hbond substituents is 1. The standard InChI is InChI=1S/C15H10F3NO2/c1-7-2-3-8-9-4-5-10(14(21)15(16,17)18)13(20)12(9)19-11(8)6-7/h2-6,19-20H,1H3. The number of Topliss-reactive ketones (excluding diaryl/α,β-unsaturated/α-hetero) is 1. The number of H-pyrrole nitrogens is 1. The second-order valence-corrected chi connectivity index (χ2v) is 4.89. The molecular weight excluding hydrogens is 283 g/mol. The van der Waals surface area contributed by atoms with Gasteiger partial charge in [-0.1, -0.05) is 18.2 Å². The topological polar surface area (TPSA) is 53.1 Å². The highest BCUT2D eigenvalue weighted by Gasteiger charge is 2.41. The fourth-order valence-corrected chi connectivity index (χ4v) is 2.41. The van der Waals surface area contributed by atoms with Crippen molar-refractivity contribution < 1.29 is 23.1 Å². The van der Waals surface area contributed by atoms with E-state index in [2.05, 4.69) is 4.98 Å². The van der Waals surface area contributed by atoms with Crippen molar-refractivity contribution in [3.8, 4) is 5.75 Å². The molecule has 0 aliphatic carbocycles. The Morgan fingerprint density at radius 2 is 1.81 bits per heavy atom. The average molecular weight is 293 g/mol. The summed E-state index contributed by atoms with van der Waals surface area (Å²) in [6.45, 7) is 1.88. The number of hydrogen-bond acceptors (Lipinski definition) is 2. The largest absolute Gasteiger partial charge is 0.505 e. The summed E-state index contributed by atoms with van der Waals surface area (Å²) in [7, 11) is 0. The number of halogens is 3. The predicted octanol–water partition coefficient (Wildman–Crippen LogP) is 4.08. The molecule has 0 bridgehead atoms. The lowest BCUT2D eigenvalue weighted by Crippen LogP contribution is -2.22. The highest BCUT2D eigenvalue weighted by molar-refractivity contribution is 6.13. The summed E-state index contributed by atoms with van der Waals surface area (Å²) in [6.07, 6.45) is -5.02. The Kier molecular flexibility index (Phi) is 2.73. The molecule has 0 saturated carbocycles. The fourth-order valence-electron chi connectivity index (χ4n) is 2.41. The Bertz CT molecular complexity index is 878. The minimum absolute atomic E-state index is 0.130. The Morgan fingerprint density at radius 1 is 1.14 bits per heavy atom. The van der Waals surface area contributed by atoms with Crippen LogP contribution in [0.15, 0.2) is 30.3 Å². The number of nitrogens with one attached hydrogen (secondary N) is 1. The molecule has 0 amide bonds. The Morgan fingerprint density at radius 3 is 2.48 bits per heavy atom. The van der Waals surface area contributed by atoms with E-state index in [4.69, 9.17) is 0 Å². The number of aromatic hydroxyl groups is 1. The van der Waals surface area contributed by atoms with Gasteiger partial charge in [-0.25, -0.2) is 0 Å². The van der Waals surface area contributed by atoms with Crippen LogP contribution in [-0.4, -0.2) is 22.1 Å². The molecule has 2 aromatic carbocycles. The summed E-state index contributed by atoms with van der Waals surface area (Å²) in [6, 6.07) is 7.90. The lowest BCUT2D eigenvalue weighted by Gasteiger charge is -2.07. The van der Waals surface area contributed by atoms with E-state index in [0.29, 0.717) is 10.9 Å². The van der Waals surface area contributed by atoms with E-state index in [9.17, 15) is 23.1 Å². The maximum Gasteiger partial charge on any atom is 0.455 e. The summed E-state index contributed by atoms with van der Waals surface area (Å²) >= 11 is 0. The summed E-state index contributed by atoms with van der Waals surface area (Å²) in [5.74, 6) is -2.74. The quantitative estimate of drug-likeness (QED) is 0.664. The molecule has 1 aromatic heterocycles. The highest BCUT2D eigenvalue weighted by Crippen LogP contribution is 2.36. The molecule has 6 heteroatoms. The van der Waals surface area contributed by atoms with Gasteiger partial charge in [-0.15, -0.1) is 0 Å². The molecule has 1 heterocycles. The lowest BCUT2D eigenvalue weighted by molar-refractivity contribution is -0.0886. The zero-order chi connectivity index (χ0) is 15.4. The van der Waals surface area contributed by atoms with Gasteiger partial charge in [-0.2, -0.15) is 13.2 Å². The minimum Gasteiger partial charge on any atom is -0.505 e. The number of fused-ring (bicyclic) bond motifs is 3. The van der Waals surface area contributed by atoms with Crippen LogP contribution in [0.25, 0.3) is 21.8 Å². The molecule has 0 aliphatic rings. The van der Waals surface area contributed by atoms with E-state index in [0.717, 1.165) is 17.0 Å². The van der Waals surface area contributed by atoms with Crippen molar-refractivity contribution in [2.45, 2.75) is 13.1 Å². The number of aromatic nitrogens is 1. The Balaban J connectivity index is 2.31. The van der Waals surface area contributed by atoms with Gasteiger partial charge >= 0.3 is 6.18 Å². The van der Waals surface area contributed by atoms with Crippen LogP contribution in [0.3, 0.4) is 0 Å². The van der Waals surface area contributed by atoms with Crippen LogP contribution in [0.2, 0.25) is 0 Å². The first-order valence-electron chi connectivity index (χ1n) is 6.14. The molecule has 0 atom stereocenters. The van der Waals surface area contributed by atoms with Gasteiger partial charge in [0, 0.05) is 16.3 Å². The van der Waals surface area contributed by atoms with Crippen LogP contribution in [0, 0.1) is 6.92 Å². The van der Waals surface area contributed by atoms with E-state index in [-0.39, 0.29) is 5.52 Å². The number of hydrogen-bond donors (Lipinski definition) is 2. The average Bonchev–Trinajstić information content (AvgIpc) is 2.76. The Labute approximate surface area is 117 Å². The van der Waals surface area contributed by atoms with Gasteiger partial charge in [0.15, 0.2) is 5.75 Å². The minimum atomic E-state index is -5.02. The van der Waals surface area contributed by atoms with Crippen molar-refractivity contribution in [2.24, 2.45) is 0 Å². The van der Waals surface area contributed by atoms with Crippen molar-refractivity contribution in [3.05, 3.63) is 41.5 Å². The second kappa shape index (κ2) is 4.25. The predicted molar refractivity (Wildman–Crippen MR) is 72.6 cm³/mol. The van der Waals surface area contributed by atoms with Crippen LogP contribution < -0.4 is 0 Å². The van der Waals surface area contributed by atoms with E-state index in [1.165, 1.54) is 6.07 Å². The molecular formula is C15H10F3NO2. The highest BCUT2D eigenvalue weighted by atomic mass is 19.4. The first-order valence-corrected chi connectivity index (χ1v) is 6.14. The molecule has 3 nitrogen and oxygen atoms in total. The van der Waals surface area contributed by atoms with Crippen molar-refractivity contribution in [1.82, 2.24) is 4.98 Å². The molecule has 0 saturated heterocycles. The SMILES string of the molecule is Cc1ccc2c(c1)[nH]c1c(O)c(C(=O)C(F)(F)F)ccc12. The van der Waals surface area contributed by atoms with Crippen LogP contribution >= 0.6 is 0 Å². The summed E-state index contributed by atoms with van der Waals surface area (Å²) in [4.78, 5) is 14.2. The number of benzene rings is 2. The molecule has 2 N–H and O–H groups in total. The van der Waals surface area contributed by atoms with Gasteiger partial charge in [0.2, 0.25) is 0 Å². The molecule has 0 unspecified atom stereocenters. The summed E-state index contributed by atoms with van der Waals surface area (Å²) in [5.41, 5.74) is 1.04. The van der Waals surface area contributed by atoms with Crippen molar-refractivity contribution in [2.75, 3.05) is 0 Å². The van der Waals surface area contributed by atoms with Crippen molar-refractivity contribution in [1.29, 1.82) is 0 Å². The third kappa shape index (κ3) is 2.03. The molecule has 0 fully saturated rings. The van der Waals surface area contributed by atoms with E-state index < -0.39 is 23.3 Å². The number of rotatable bonds is 1. The summed E-state index contributed by atoms with van der Waals surface area (Å²) < 4.78 is 37.5. The van der Waals surface area contributed by atoms with Gasteiger partial charge in [0.1, 0.15) is 0 Å². The number of carbonyl (C=O) groups excluding carboxylic acids is 1. The molecule has 3 rings (SSSR count). The molecule has 0 aliphatic heterocycles. The van der Waals surface area contributed by atoms with Gasteiger partial charge in [0.25, 0.3) is 5.78 Å². The number of aryl methyl sites for hydroxylation is 1. The third-order valence-corrected chi connectivity index (χ3v) is 3.40. The fraction of sp³-hybridized carbons (Fsp3) is 0.133. The van der Waals surface area contributed by atoms with E-state index in [1.54, 1.807) is 0 Å². The normalized spacial score (nSPS) is 12.2. The number of carbonyl (C=O) groups is 1. The number of ketones is 1. The lowest BCUT2D eigenvalue weighted by atomic mass is 10.0. The zero-order valence-corrected chi connectivity index (χ0v) is 10.9. The number of alkyl halides is 3. The second-order valence-electron chi connectivity index (χ2n) is 4.89. The van der Waals surface area contributed by atoms with Gasteiger partial charge in [-0.05, 0) is 24.6 Å². The third-order valence-electron chi connectivity index (χ3n) is 3.40. The maximum absolute atomic E-state index is 12.5. The monoisotopic (exact) mass is 293 g/mol.